The van der Waals surface area contributed by atoms with Gasteiger partial charge in [0.1, 0.15) is 0 Å². The van der Waals surface area contributed by atoms with Gasteiger partial charge in [0.2, 0.25) is 0 Å². The summed E-state index contributed by atoms with van der Waals surface area (Å²) in [7, 11) is 0. The zero-order chi connectivity index (χ0) is 12.3. The molecule has 1 aromatic carbocycles. The van der Waals surface area contributed by atoms with Gasteiger partial charge >= 0.3 is 0 Å². The average molecular weight is 268 g/mol. The molecule has 1 atom stereocenters. The molecule has 0 fully saturated rings. The van der Waals surface area contributed by atoms with E-state index in [2.05, 4.69) is 4.98 Å². The molecule has 0 aliphatic carbocycles. The van der Waals surface area contributed by atoms with Crippen molar-refractivity contribution < 1.29 is 5.11 Å². The van der Waals surface area contributed by atoms with E-state index in [1.165, 1.54) is 6.20 Å². The fraction of sp³-hybridized carbons (Fsp3) is 0.154. The van der Waals surface area contributed by atoms with Gasteiger partial charge in [-0.15, -0.1) is 0 Å². The Morgan fingerprint density at radius 3 is 2.76 bits per heavy atom. The van der Waals surface area contributed by atoms with E-state index < -0.39 is 6.10 Å². The molecule has 0 radical (unpaired) electrons. The summed E-state index contributed by atoms with van der Waals surface area (Å²) in [5, 5.41) is 11.2. The van der Waals surface area contributed by atoms with Crippen LogP contribution in [0, 0.1) is 0 Å². The maximum atomic E-state index is 10.1. The summed E-state index contributed by atoms with van der Waals surface area (Å²) < 4.78 is 0. The van der Waals surface area contributed by atoms with Crippen molar-refractivity contribution in [2.75, 3.05) is 0 Å². The lowest BCUT2D eigenvalue weighted by Gasteiger charge is -2.12. The van der Waals surface area contributed by atoms with Crippen LogP contribution < -0.4 is 0 Å². The highest BCUT2D eigenvalue weighted by Crippen LogP contribution is 2.25. The second-order valence-corrected chi connectivity index (χ2v) is 4.59. The highest BCUT2D eigenvalue weighted by molar-refractivity contribution is 6.31. The summed E-state index contributed by atoms with van der Waals surface area (Å²) in [6.45, 7) is 0. The topological polar surface area (TPSA) is 33.1 Å². The van der Waals surface area contributed by atoms with Gasteiger partial charge in [0.05, 0.1) is 11.1 Å². The zero-order valence-electron chi connectivity index (χ0n) is 8.98. The van der Waals surface area contributed by atoms with Gasteiger partial charge in [-0.05, 0) is 23.8 Å². The van der Waals surface area contributed by atoms with Crippen molar-refractivity contribution in [1.29, 1.82) is 0 Å². The average Bonchev–Trinajstić information content (AvgIpc) is 2.29. The molecular formula is C13H11Cl2NO. The number of aromatic nitrogens is 1. The lowest BCUT2D eigenvalue weighted by molar-refractivity contribution is 0.178. The molecule has 88 valence electrons. The second kappa shape index (κ2) is 5.50. The number of halogens is 2. The summed E-state index contributed by atoms with van der Waals surface area (Å²) >= 11 is 11.9. The molecule has 0 saturated carbocycles. The van der Waals surface area contributed by atoms with Crippen LogP contribution in [0.5, 0.6) is 0 Å². The minimum absolute atomic E-state index is 0.474. The third-order valence-corrected chi connectivity index (χ3v) is 3.03. The number of benzene rings is 1. The third kappa shape index (κ3) is 3.19. The van der Waals surface area contributed by atoms with E-state index in [1.54, 1.807) is 18.3 Å². The van der Waals surface area contributed by atoms with Crippen molar-refractivity contribution in [3.8, 4) is 0 Å². The van der Waals surface area contributed by atoms with E-state index in [-0.39, 0.29) is 0 Å². The highest BCUT2D eigenvalue weighted by Gasteiger charge is 2.12. The summed E-state index contributed by atoms with van der Waals surface area (Å²) in [5.74, 6) is 0. The van der Waals surface area contributed by atoms with E-state index in [4.69, 9.17) is 23.2 Å². The minimum Gasteiger partial charge on any atom is -0.388 e. The minimum atomic E-state index is -0.649. The Hall–Kier alpha value is -1.09. The Bertz CT molecular complexity index is 516. The van der Waals surface area contributed by atoms with Gasteiger partial charge in [-0.3, -0.25) is 4.98 Å². The number of pyridine rings is 1. The lowest BCUT2D eigenvalue weighted by Crippen LogP contribution is -2.02. The molecule has 4 heteroatoms. The number of rotatable bonds is 3. The zero-order valence-corrected chi connectivity index (χ0v) is 10.5. The molecule has 1 aromatic heterocycles. The molecule has 1 unspecified atom stereocenters. The fourth-order valence-electron chi connectivity index (χ4n) is 1.65. The first-order chi connectivity index (χ1) is 8.16. The predicted molar refractivity (Wildman–Crippen MR) is 69.4 cm³/mol. The van der Waals surface area contributed by atoms with E-state index in [0.29, 0.717) is 22.0 Å². The van der Waals surface area contributed by atoms with Crippen LogP contribution in [0.4, 0.5) is 0 Å². The smallest absolute Gasteiger partial charge is 0.0845 e. The summed E-state index contributed by atoms with van der Waals surface area (Å²) in [6.07, 6.45) is 2.97. The first-order valence-corrected chi connectivity index (χ1v) is 5.94. The SMILES string of the molecule is OC(Cc1cccc(Cl)c1)c1ccncc1Cl. The molecule has 0 aliphatic heterocycles. The standard InChI is InChI=1S/C13H11Cl2NO/c14-10-3-1-2-9(6-10)7-13(17)11-4-5-16-8-12(11)15/h1-6,8,13,17H,7H2. The van der Waals surface area contributed by atoms with Crippen LogP contribution >= 0.6 is 23.2 Å². The Morgan fingerprint density at radius 1 is 1.24 bits per heavy atom. The molecule has 0 aliphatic rings. The molecule has 0 spiro atoms. The van der Waals surface area contributed by atoms with Gasteiger partial charge in [0.15, 0.2) is 0 Å². The molecule has 0 bridgehead atoms. The monoisotopic (exact) mass is 267 g/mol. The number of aliphatic hydroxyl groups is 1. The van der Waals surface area contributed by atoms with Gasteiger partial charge in [0, 0.05) is 29.4 Å². The summed E-state index contributed by atoms with van der Waals surface area (Å²) in [6, 6.07) is 9.14. The number of hydrogen-bond acceptors (Lipinski definition) is 2. The largest absolute Gasteiger partial charge is 0.388 e. The van der Waals surface area contributed by atoms with E-state index in [9.17, 15) is 5.11 Å². The van der Waals surface area contributed by atoms with Crippen LogP contribution in [-0.4, -0.2) is 10.1 Å². The molecule has 1 N–H and O–H groups in total. The second-order valence-electron chi connectivity index (χ2n) is 3.75. The van der Waals surface area contributed by atoms with Crippen molar-refractivity contribution in [3.63, 3.8) is 0 Å². The number of aliphatic hydroxyl groups excluding tert-OH is 1. The van der Waals surface area contributed by atoms with E-state index in [0.717, 1.165) is 5.56 Å². The number of hydrogen-bond donors (Lipinski definition) is 1. The maximum Gasteiger partial charge on any atom is 0.0845 e. The van der Waals surface area contributed by atoms with E-state index >= 15 is 0 Å². The van der Waals surface area contributed by atoms with Crippen LogP contribution in [-0.2, 0) is 6.42 Å². The van der Waals surface area contributed by atoms with Crippen molar-refractivity contribution in [1.82, 2.24) is 4.98 Å². The Balaban J connectivity index is 2.17. The normalized spacial score (nSPS) is 12.4. The van der Waals surface area contributed by atoms with Gasteiger partial charge < -0.3 is 5.11 Å². The summed E-state index contributed by atoms with van der Waals surface area (Å²) in [5.41, 5.74) is 1.65. The van der Waals surface area contributed by atoms with Crippen LogP contribution in [0.2, 0.25) is 10.0 Å². The molecule has 2 rings (SSSR count). The van der Waals surface area contributed by atoms with E-state index in [1.807, 2.05) is 18.2 Å². The first-order valence-electron chi connectivity index (χ1n) is 5.19. The number of nitrogens with zero attached hydrogens (tertiary/aromatic N) is 1. The van der Waals surface area contributed by atoms with Gasteiger partial charge in [-0.2, -0.15) is 0 Å². The van der Waals surface area contributed by atoms with Crippen LogP contribution in [0.25, 0.3) is 0 Å². The summed E-state index contributed by atoms with van der Waals surface area (Å²) in [4.78, 5) is 3.88. The molecule has 2 aromatic rings. The molecule has 2 nitrogen and oxygen atoms in total. The Labute approximate surface area is 110 Å². The van der Waals surface area contributed by atoms with Crippen LogP contribution in [0.15, 0.2) is 42.7 Å². The lowest BCUT2D eigenvalue weighted by atomic mass is 10.0. The molecule has 17 heavy (non-hydrogen) atoms. The van der Waals surface area contributed by atoms with Crippen molar-refractivity contribution in [3.05, 3.63) is 63.9 Å². The first kappa shape index (κ1) is 12.4. The van der Waals surface area contributed by atoms with Crippen molar-refractivity contribution >= 4 is 23.2 Å². The molecule has 1 heterocycles. The van der Waals surface area contributed by atoms with Crippen LogP contribution in [0.3, 0.4) is 0 Å². The Kier molecular flexibility index (Phi) is 4.00. The Morgan fingerprint density at radius 2 is 2.06 bits per heavy atom. The van der Waals surface area contributed by atoms with Gasteiger partial charge in [0.25, 0.3) is 0 Å². The molecular weight excluding hydrogens is 257 g/mol. The highest BCUT2D eigenvalue weighted by atomic mass is 35.5. The van der Waals surface area contributed by atoms with Crippen LogP contribution in [0.1, 0.15) is 17.2 Å². The predicted octanol–water partition coefficient (Wildman–Crippen LogP) is 3.66. The maximum absolute atomic E-state index is 10.1. The van der Waals surface area contributed by atoms with Gasteiger partial charge in [-0.25, -0.2) is 0 Å². The van der Waals surface area contributed by atoms with Crippen molar-refractivity contribution in [2.45, 2.75) is 12.5 Å². The quantitative estimate of drug-likeness (QED) is 0.921. The fourth-order valence-corrected chi connectivity index (χ4v) is 2.11. The van der Waals surface area contributed by atoms with Crippen molar-refractivity contribution in [2.24, 2.45) is 0 Å². The van der Waals surface area contributed by atoms with Gasteiger partial charge in [-0.1, -0.05) is 35.3 Å². The molecule has 0 amide bonds. The molecule has 0 saturated heterocycles. The third-order valence-electron chi connectivity index (χ3n) is 2.48.